The Bertz CT molecular complexity index is 467. The third-order valence-electron chi connectivity index (χ3n) is 4.02. The minimum absolute atomic E-state index is 0.217. The Hall–Kier alpha value is -1.72. The maximum Gasteiger partial charge on any atom is 0.225 e. The number of nitrogens with one attached hydrogen (secondary N) is 1. The lowest BCUT2D eigenvalue weighted by Gasteiger charge is -2.31. The number of piperidine rings is 1. The number of carbonyl (C=O) groups excluding carboxylic acids is 1. The second kappa shape index (κ2) is 5.73. The van der Waals surface area contributed by atoms with Gasteiger partial charge in [0, 0.05) is 25.6 Å². The molecule has 1 saturated carbocycles. The molecule has 0 radical (unpaired) electrons. The largest absolute Gasteiger partial charge is 0.356 e. The van der Waals surface area contributed by atoms with Gasteiger partial charge in [0.05, 0.1) is 12.4 Å². The zero-order valence-electron chi connectivity index (χ0n) is 11.4. The van der Waals surface area contributed by atoms with E-state index in [1.165, 1.54) is 12.4 Å². The Balaban J connectivity index is 1.44. The molecule has 2 heterocycles. The van der Waals surface area contributed by atoms with E-state index in [9.17, 15) is 9.18 Å². The topological polar surface area (TPSA) is 58.1 Å². The molecule has 1 amide bonds. The van der Waals surface area contributed by atoms with Gasteiger partial charge in [-0.05, 0) is 31.6 Å². The summed E-state index contributed by atoms with van der Waals surface area (Å²) in [7, 11) is 0. The summed E-state index contributed by atoms with van der Waals surface area (Å²) in [6.07, 6.45) is 6.50. The SMILES string of the molecule is O=C(NCC1CCN(c2ncc(F)cn2)CC1)C1CC1. The third kappa shape index (κ3) is 3.23. The molecule has 5 nitrogen and oxygen atoms in total. The molecule has 1 aliphatic carbocycles. The van der Waals surface area contributed by atoms with Crippen molar-refractivity contribution in [1.29, 1.82) is 0 Å². The van der Waals surface area contributed by atoms with Gasteiger partial charge < -0.3 is 10.2 Å². The Morgan fingerprint density at radius 2 is 1.90 bits per heavy atom. The van der Waals surface area contributed by atoms with Crippen LogP contribution in [0.25, 0.3) is 0 Å². The number of hydrogen-bond donors (Lipinski definition) is 1. The highest BCUT2D eigenvalue weighted by Gasteiger charge is 2.30. The van der Waals surface area contributed by atoms with Crippen molar-refractivity contribution in [2.24, 2.45) is 11.8 Å². The van der Waals surface area contributed by atoms with Crippen LogP contribution in [0.15, 0.2) is 12.4 Å². The van der Waals surface area contributed by atoms with Crippen LogP contribution in [0.5, 0.6) is 0 Å². The summed E-state index contributed by atoms with van der Waals surface area (Å²) in [5.74, 6) is 1.20. The van der Waals surface area contributed by atoms with Gasteiger partial charge in [0.15, 0.2) is 5.82 Å². The molecule has 108 valence electrons. The van der Waals surface area contributed by atoms with Crippen LogP contribution in [0.3, 0.4) is 0 Å². The second-order valence-electron chi connectivity index (χ2n) is 5.65. The predicted octanol–water partition coefficient (Wildman–Crippen LogP) is 1.36. The first-order chi connectivity index (χ1) is 9.72. The van der Waals surface area contributed by atoms with Crippen molar-refractivity contribution in [3.63, 3.8) is 0 Å². The first-order valence-electron chi connectivity index (χ1n) is 7.22. The molecule has 2 aliphatic rings. The van der Waals surface area contributed by atoms with Crippen molar-refractivity contribution in [2.45, 2.75) is 25.7 Å². The number of nitrogens with zero attached hydrogens (tertiary/aromatic N) is 3. The average Bonchev–Trinajstić information content (AvgIpc) is 3.31. The van der Waals surface area contributed by atoms with E-state index in [1.54, 1.807) is 0 Å². The molecule has 1 N–H and O–H groups in total. The van der Waals surface area contributed by atoms with Crippen LogP contribution >= 0.6 is 0 Å². The highest BCUT2D eigenvalue weighted by molar-refractivity contribution is 5.80. The van der Waals surface area contributed by atoms with E-state index in [1.807, 2.05) is 0 Å². The molecule has 1 aliphatic heterocycles. The van der Waals surface area contributed by atoms with Crippen LogP contribution in [0.2, 0.25) is 0 Å². The van der Waals surface area contributed by atoms with Gasteiger partial charge in [0.25, 0.3) is 0 Å². The molecule has 1 aromatic rings. The molecule has 20 heavy (non-hydrogen) atoms. The van der Waals surface area contributed by atoms with Gasteiger partial charge >= 0.3 is 0 Å². The molecule has 0 bridgehead atoms. The monoisotopic (exact) mass is 278 g/mol. The highest BCUT2D eigenvalue weighted by Crippen LogP contribution is 2.29. The third-order valence-corrected chi connectivity index (χ3v) is 4.02. The minimum Gasteiger partial charge on any atom is -0.356 e. The lowest BCUT2D eigenvalue weighted by atomic mass is 9.97. The molecule has 0 atom stereocenters. The quantitative estimate of drug-likeness (QED) is 0.903. The normalized spacial score (nSPS) is 19.9. The molecule has 1 saturated heterocycles. The van der Waals surface area contributed by atoms with Crippen molar-refractivity contribution in [3.05, 3.63) is 18.2 Å². The van der Waals surface area contributed by atoms with Crippen LogP contribution in [-0.2, 0) is 4.79 Å². The molecule has 6 heteroatoms. The molecule has 2 fully saturated rings. The van der Waals surface area contributed by atoms with Crippen LogP contribution in [0.1, 0.15) is 25.7 Å². The van der Waals surface area contributed by atoms with Crippen LogP contribution in [0.4, 0.5) is 10.3 Å². The van der Waals surface area contributed by atoms with Crippen molar-refractivity contribution in [3.8, 4) is 0 Å². The maximum atomic E-state index is 12.8. The number of hydrogen-bond acceptors (Lipinski definition) is 4. The summed E-state index contributed by atoms with van der Waals surface area (Å²) in [5, 5.41) is 3.04. The molecular weight excluding hydrogens is 259 g/mol. The van der Waals surface area contributed by atoms with Crippen LogP contribution < -0.4 is 10.2 Å². The number of halogens is 1. The Morgan fingerprint density at radius 1 is 1.25 bits per heavy atom. The lowest BCUT2D eigenvalue weighted by Crippen LogP contribution is -2.39. The highest BCUT2D eigenvalue weighted by atomic mass is 19.1. The number of anilines is 1. The van der Waals surface area contributed by atoms with Crippen molar-refractivity contribution < 1.29 is 9.18 Å². The zero-order valence-corrected chi connectivity index (χ0v) is 11.4. The average molecular weight is 278 g/mol. The standard InChI is InChI=1S/C14H19FN4O/c15-12-8-17-14(18-9-12)19-5-3-10(4-6-19)7-16-13(20)11-1-2-11/h8-11H,1-7H2,(H,16,20). The summed E-state index contributed by atoms with van der Waals surface area (Å²) >= 11 is 0. The van der Waals surface area contributed by atoms with E-state index in [4.69, 9.17) is 0 Å². The van der Waals surface area contributed by atoms with E-state index >= 15 is 0 Å². The summed E-state index contributed by atoms with van der Waals surface area (Å²) in [6.45, 7) is 2.48. The van der Waals surface area contributed by atoms with E-state index in [-0.39, 0.29) is 11.8 Å². The van der Waals surface area contributed by atoms with Crippen molar-refractivity contribution in [1.82, 2.24) is 15.3 Å². The predicted molar refractivity (Wildman–Crippen MR) is 72.7 cm³/mol. The van der Waals surface area contributed by atoms with E-state index in [0.29, 0.717) is 11.9 Å². The molecule has 0 spiro atoms. The number of carbonyl (C=O) groups is 1. The van der Waals surface area contributed by atoms with Crippen molar-refractivity contribution in [2.75, 3.05) is 24.5 Å². The summed E-state index contributed by atoms with van der Waals surface area (Å²) < 4.78 is 12.8. The van der Waals surface area contributed by atoms with Crippen molar-refractivity contribution >= 4 is 11.9 Å². The van der Waals surface area contributed by atoms with Crippen LogP contribution in [-0.4, -0.2) is 35.5 Å². The number of aromatic nitrogens is 2. The Morgan fingerprint density at radius 3 is 2.50 bits per heavy atom. The molecule has 0 unspecified atom stereocenters. The van der Waals surface area contributed by atoms with Gasteiger partial charge in [0.1, 0.15) is 0 Å². The van der Waals surface area contributed by atoms with Gasteiger partial charge in [0.2, 0.25) is 11.9 Å². The Labute approximate surface area is 117 Å². The molecule has 1 aromatic heterocycles. The number of rotatable bonds is 4. The fraction of sp³-hybridized carbons (Fsp3) is 0.643. The van der Waals surface area contributed by atoms with Gasteiger partial charge in [-0.3, -0.25) is 4.79 Å². The van der Waals surface area contributed by atoms with Gasteiger partial charge in [-0.25, -0.2) is 14.4 Å². The van der Waals surface area contributed by atoms with Crippen LogP contribution in [0, 0.1) is 17.7 Å². The fourth-order valence-corrected chi connectivity index (χ4v) is 2.54. The minimum atomic E-state index is -0.411. The first-order valence-corrected chi connectivity index (χ1v) is 7.22. The first kappa shape index (κ1) is 13.3. The molecule has 0 aromatic carbocycles. The maximum absolute atomic E-state index is 12.8. The fourth-order valence-electron chi connectivity index (χ4n) is 2.54. The zero-order chi connectivity index (χ0) is 13.9. The van der Waals surface area contributed by atoms with E-state index in [2.05, 4.69) is 20.2 Å². The Kier molecular flexibility index (Phi) is 3.80. The smallest absolute Gasteiger partial charge is 0.225 e. The molecule has 3 rings (SSSR count). The summed E-state index contributed by atoms with van der Waals surface area (Å²) in [6, 6.07) is 0. The van der Waals surface area contributed by atoms with Gasteiger partial charge in [-0.1, -0.05) is 0 Å². The molecular formula is C14H19FN4O. The lowest BCUT2D eigenvalue weighted by molar-refractivity contribution is -0.122. The van der Waals surface area contributed by atoms with E-state index in [0.717, 1.165) is 45.3 Å². The summed E-state index contributed by atoms with van der Waals surface area (Å²) in [5.41, 5.74) is 0. The second-order valence-corrected chi connectivity index (χ2v) is 5.65. The summed E-state index contributed by atoms with van der Waals surface area (Å²) in [4.78, 5) is 21.7. The van der Waals surface area contributed by atoms with Gasteiger partial charge in [-0.2, -0.15) is 0 Å². The van der Waals surface area contributed by atoms with E-state index < -0.39 is 5.82 Å². The van der Waals surface area contributed by atoms with Gasteiger partial charge in [-0.15, -0.1) is 0 Å². The number of amides is 1.